The van der Waals surface area contributed by atoms with Crippen LogP contribution in [0.5, 0.6) is 0 Å². The number of halogens is 4. The highest BCUT2D eigenvalue weighted by atomic mass is 35.5. The molecular weight excluding hydrogens is 312 g/mol. The number of pyridine rings is 1. The highest BCUT2D eigenvalue weighted by molar-refractivity contribution is 6.35. The molecule has 0 spiro atoms. The van der Waals surface area contributed by atoms with E-state index >= 15 is 0 Å². The van der Waals surface area contributed by atoms with Crippen molar-refractivity contribution < 1.29 is 4.39 Å². The first kappa shape index (κ1) is 13.9. The Bertz CT molecular complexity index is 659. The molecule has 0 aliphatic rings. The Balaban J connectivity index is 2.36. The standard InChI is InChI=1S/C12H5Cl3FN3/c13-8-3-7(4-9(14)12(8)16)18-11-2-6(5-17)1-10(15)19-11/h1-4H,(H,18,19). The minimum absolute atomic E-state index is 0.113. The molecule has 3 nitrogen and oxygen atoms in total. The molecule has 7 heteroatoms. The number of aromatic nitrogens is 1. The van der Waals surface area contributed by atoms with E-state index in [2.05, 4.69) is 10.3 Å². The molecule has 0 unspecified atom stereocenters. The van der Waals surface area contributed by atoms with E-state index in [1.54, 1.807) is 0 Å². The smallest absolute Gasteiger partial charge is 0.160 e. The first-order chi connectivity index (χ1) is 8.99. The minimum atomic E-state index is -0.689. The second kappa shape index (κ2) is 5.62. The van der Waals surface area contributed by atoms with Crippen molar-refractivity contribution in [2.45, 2.75) is 0 Å². The first-order valence-corrected chi connectivity index (χ1v) is 6.12. The number of anilines is 2. The van der Waals surface area contributed by atoms with Gasteiger partial charge in [0.05, 0.1) is 21.7 Å². The zero-order chi connectivity index (χ0) is 14.0. The van der Waals surface area contributed by atoms with Gasteiger partial charge in [0, 0.05) is 5.69 Å². The van der Waals surface area contributed by atoms with Crippen LogP contribution in [0, 0.1) is 17.1 Å². The normalized spacial score (nSPS) is 10.1. The molecule has 1 aromatic heterocycles. The number of rotatable bonds is 2. The van der Waals surface area contributed by atoms with Crippen LogP contribution in [0.4, 0.5) is 15.9 Å². The Kier molecular flexibility index (Phi) is 4.11. The van der Waals surface area contributed by atoms with Crippen molar-refractivity contribution in [2.24, 2.45) is 0 Å². The quantitative estimate of drug-likeness (QED) is 0.639. The number of hydrogen-bond acceptors (Lipinski definition) is 3. The van der Waals surface area contributed by atoms with Gasteiger partial charge in [-0.2, -0.15) is 5.26 Å². The van der Waals surface area contributed by atoms with Gasteiger partial charge in [0.15, 0.2) is 5.82 Å². The van der Waals surface area contributed by atoms with Crippen molar-refractivity contribution in [3.05, 3.63) is 50.8 Å². The fourth-order valence-electron chi connectivity index (χ4n) is 1.40. The lowest BCUT2D eigenvalue weighted by Crippen LogP contribution is -1.96. The van der Waals surface area contributed by atoms with Gasteiger partial charge in [-0.25, -0.2) is 9.37 Å². The Morgan fingerprint density at radius 2 is 1.74 bits per heavy atom. The number of nitriles is 1. The van der Waals surface area contributed by atoms with Gasteiger partial charge in [0.2, 0.25) is 0 Å². The van der Waals surface area contributed by atoms with Gasteiger partial charge in [-0.05, 0) is 24.3 Å². The molecule has 0 aliphatic carbocycles. The molecule has 0 aliphatic heterocycles. The molecule has 0 bridgehead atoms. The fraction of sp³-hybridized carbons (Fsp3) is 0. The number of nitrogens with zero attached hydrogens (tertiary/aromatic N) is 2. The van der Waals surface area contributed by atoms with E-state index in [-0.39, 0.29) is 15.2 Å². The lowest BCUT2D eigenvalue weighted by Gasteiger charge is -2.08. The molecule has 1 aromatic carbocycles. The molecule has 96 valence electrons. The van der Waals surface area contributed by atoms with Crippen molar-refractivity contribution in [2.75, 3.05) is 5.32 Å². The summed E-state index contributed by atoms with van der Waals surface area (Å²) in [4.78, 5) is 3.98. The molecule has 2 aromatic rings. The van der Waals surface area contributed by atoms with E-state index in [1.165, 1.54) is 24.3 Å². The monoisotopic (exact) mass is 315 g/mol. The van der Waals surface area contributed by atoms with Crippen LogP contribution >= 0.6 is 34.8 Å². The number of hydrogen-bond donors (Lipinski definition) is 1. The molecule has 0 radical (unpaired) electrons. The largest absolute Gasteiger partial charge is 0.340 e. The minimum Gasteiger partial charge on any atom is -0.340 e. The van der Waals surface area contributed by atoms with E-state index in [0.717, 1.165) is 0 Å². The summed E-state index contributed by atoms with van der Waals surface area (Å²) >= 11 is 17.1. The van der Waals surface area contributed by atoms with Gasteiger partial charge >= 0.3 is 0 Å². The number of nitrogens with one attached hydrogen (secondary N) is 1. The fourth-order valence-corrected chi connectivity index (χ4v) is 2.10. The zero-order valence-electron chi connectivity index (χ0n) is 9.22. The van der Waals surface area contributed by atoms with Crippen LogP contribution in [-0.2, 0) is 0 Å². The van der Waals surface area contributed by atoms with Gasteiger partial charge in [-0.15, -0.1) is 0 Å². The van der Waals surface area contributed by atoms with Crippen LogP contribution in [0.25, 0.3) is 0 Å². The van der Waals surface area contributed by atoms with Gasteiger partial charge in [0.1, 0.15) is 11.0 Å². The van der Waals surface area contributed by atoms with E-state index in [0.29, 0.717) is 17.1 Å². The average molecular weight is 317 g/mol. The molecule has 0 fully saturated rings. The summed E-state index contributed by atoms with van der Waals surface area (Å²) in [6.07, 6.45) is 0. The second-order valence-electron chi connectivity index (χ2n) is 3.55. The summed E-state index contributed by atoms with van der Waals surface area (Å²) in [7, 11) is 0. The molecule has 1 heterocycles. The highest BCUT2D eigenvalue weighted by Gasteiger charge is 2.08. The van der Waals surface area contributed by atoms with Crippen molar-refractivity contribution in [1.82, 2.24) is 4.98 Å². The predicted octanol–water partition coefficient (Wildman–Crippen LogP) is 4.80. The van der Waals surface area contributed by atoms with E-state index in [1.807, 2.05) is 6.07 Å². The van der Waals surface area contributed by atoms with Crippen LogP contribution in [-0.4, -0.2) is 4.98 Å². The second-order valence-corrected chi connectivity index (χ2v) is 4.76. The molecule has 1 N–H and O–H groups in total. The number of benzene rings is 1. The summed E-state index contributed by atoms with van der Waals surface area (Å²) < 4.78 is 13.3. The van der Waals surface area contributed by atoms with Crippen molar-refractivity contribution in [3.8, 4) is 6.07 Å². The van der Waals surface area contributed by atoms with Gasteiger partial charge < -0.3 is 5.32 Å². The summed E-state index contributed by atoms with van der Waals surface area (Å²) in [5.41, 5.74) is 0.789. The van der Waals surface area contributed by atoms with E-state index in [9.17, 15) is 4.39 Å². The third kappa shape index (κ3) is 3.27. The van der Waals surface area contributed by atoms with Crippen molar-refractivity contribution >= 4 is 46.3 Å². The molecule has 0 atom stereocenters. The Morgan fingerprint density at radius 3 is 2.32 bits per heavy atom. The summed E-state index contributed by atoms with van der Waals surface area (Å²) in [5, 5.41) is 11.6. The third-order valence-corrected chi connectivity index (χ3v) is 2.92. The Morgan fingerprint density at radius 1 is 1.11 bits per heavy atom. The molecule has 0 amide bonds. The maximum atomic E-state index is 13.3. The third-order valence-electron chi connectivity index (χ3n) is 2.18. The SMILES string of the molecule is N#Cc1cc(Cl)nc(Nc2cc(Cl)c(F)c(Cl)c2)c1. The lowest BCUT2D eigenvalue weighted by molar-refractivity contribution is 0.629. The first-order valence-electron chi connectivity index (χ1n) is 4.99. The van der Waals surface area contributed by atoms with Crippen LogP contribution in [0.15, 0.2) is 24.3 Å². The lowest BCUT2D eigenvalue weighted by atomic mass is 10.2. The van der Waals surface area contributed by atoms with Crippen LogP contribution in [0.3, 0.4) is 0 Å². The van der Waals surface area contributed by atoms with Crippen LogP contribution in [0.2, 0.25) is 15.2 Å². The average Bonchev–Trinajstić information content (AvgIpc) is 2.35. The van der Waals surface area contributed by atoms with Crippen LogP contribution in [0.1, 0.15) is 5.56 Å². The van der Waals surface area contributed by atoms with Crippen molar-refractivity contribution in [3.63, 3.8) is 0 Å². The molecule has 2 rings (SSSR count). The van der Waals surface area contributed by atoms with Crippen molar-refractivity contribution in [1.29, 1.82) is 5.26 Å². The van der Waals surface area contributed by atoms with Gasteiger partial charge in [0.25, 0.3) is 0 Å². The van der Waals surface area contributed by atoms with Crippen LogP contribution < -0.4 is 5.32 Å². The molecule has 19 heavy (non-hydrogen) atoms. The predicted molar refractivity (Wildman–Crippen MR) is 73.7 cm³/mol. The molecule has 0 saturated heterocycles. The van der Waals surface area contributed by atoms with E-state index < -0.39 is 5.82 Å². The van der Waals surface area contributed by atoms with E-state index in [4.69, 9.17) is 40.1 Å². The van der Waals surface area contributed by atoms with Gasteiger partial charge in [-0.3, -0.25) is 0 Å². The topological polar surface area (TPSA) is 48.7 Å². The molecular formula is C12H5Cl3FN3. The maximum Gasteiger partial charge on any atom is 0.160 e. The summed E-state index contributed by atoms with van der Waals surface area (Å²) in [6.45, 7) is 0. The Labute approximate surface area is 123 Å². The summed E-state index contributed by atoms with van der Waals surface area (Å²) in [6, 6.07) is 7.59. The Hall–Kier alpha value is -1.54. The molecule has 0 saturated carbocycles. The highest BCUT2D eigenvalue weighted by Crippen LogP contribution is 2.29. The van der Waals surface area contributed by atoms with Gasteiger partial charge in [-0.1, -0.05) is 34.8 Å². The zero-order valence-corrected chi connectivity index (χ0v) is 11.5. The maximum absolute atomic E-state index is 13.3. The summed E-state index contributed by atoms with van der Waals surface area (Å²) in [5.74, 6) is -0.353.